The smallest absolute Gasteiger partial charge is 0.382 e. The highest BCUT2D eigenvalue weighted by Gasteiger charge is 2.43. The van der Waals surface area contributed by atoms with E-state index in [9.17, 15) is 28.2 Å². The number of hydrogen-bond donors (Lipinski definition) is 3. The zero-order chi connectivity index (χ0) is 26.2. The number of benzene rings is 1. The number of carbonyl (C=O) groups is 1. The van der Waals surface area contributed by atoms with Crippen molar-refractivity contribution in [3.8, 4) is 5.69 Å². The van der Waals surface area contributed by atoms with Gasteiger partial charge in [-0.1, -0.05) is 23.2 Å². The molecule has 1 aliphatic heterocycles. The van der Waals surface area contributed by atoms with Crippen LogP contribution < -0.4 is 5.73 Å². The lowest BCUT2D eigenvalue weighted by Crippen LogP contribution is -2.49. The third kappa shape index (κ3) is 5.21. The van der Waals surface area contributed by atoms with Gasteiger partial charge in [0.25, 0.3) is 5.91 Å². The number of carbonyl (C=O) groups excluding carboxylic acids is 1. The van der Waals surface area contributed by atoms with E-state index in [2.05, 4.69) is 20.2 Å². The summed E-state index contributed by atoms with van der Waals surface area (Å²) in [5.41, 5.74) is 5.94. The van der Waals surface area contributed by atoms with E-state index >= 15 is 0 Å². The fourth-order valence-corrected chi connectivity index (χ4v) is 3.64. The first-order chi connectivity index (χ1) is 17.0. The van der Waals surface area contributed by atoms with Crippen molar-refractivity contribution in [2.24, 2.45) is 10.8 Å². The summed E-state index contributed by atoms with van der Waals surface area (Å²) < 4.78 is 40.2. The average molecular weight is 545 g/mol. The second-order valence-corrected chi connectivity index (χ2v) is 8.38. The maximum absolute atomic E-state index is 13.1. The van der Waals surface area contributed by atoms with E-state index in [-0.39, 0.29) is 34.7 Å². The number of nitrogens with zero attached hydrogens (tertiary/aromatic N) is 7. The van der Waals surface area contributed by atoms with E-state index in [0.717, 1.165) is 14.6 Å². The number of hydrogen-bond acceptors (Lipinski definition) is 9. The Hall–Kier alpha value is -3.46. The quantitative estimate of drug-likeness (QED) is 0.407. The highest BCUT2D eigenvalue weighted by molar-refractivity contribution is 6.32. The number of rotatable bonds is 7. The Morgan fingerprint density at radius 1 is 1.19 bits per heavy atom. The summed E-state index contributed by atoms with van der Waals surface area (Å²) >= 11 is 12.1. The van der Waals surface area contributed by atoms with Crippen molar-refractivity contribution in [1.29, 1.82) is 0 Å². The van der Waals surface area contributed by atoms with E-state index in [1.165, 1.54) is 42.7 Å². The molecule has 1 amide bonds. The molecule has 36 heavy (non-hydrogen) atoms. The Morgan fingerprint density at radius 2 is 1.89 bits per heavy atom. The van der Waals surface area contributed by atoms with Crippen molar-refractivity contribution in [2.75, 3.05) is 6.54 Å². The Labute approximate surface area is 211 Å². The molecule has 4 N–H and O–H groups in total. The zero-order valence-electron chi connectivity index (χ0n) is 18.0. The van der Waals surface area contributed by atoms with Gasteiger partial charge in [-0.25, -0.2) is 14.7 Å². The molecule has 0 saturated heterocycles. The minimum absolute atomic E-state index is 0.0554. The first-order valence-electron chi connectivity index (χ1n) is 10.1. The van der Waals surface area contributed by atoms with Gasteiger partial charge < -0.3 is 20.8 Å². The van der Waals surface area contributed by atoms with Crippen LogP contribution in [0.2, 0.25) is 10.0 Å². The van der Waals surface area contributed by atoms with E-state index < -0.39 is 31.1 Å². The van der Waals surface area contributed by atoms with Gasteiger partial charge in [0.15, 0.2) is 17.8 Å². The summed E-state index contributed by atoms with van der Waals surface area (Å²) in [5.74, 6) is -1.34. The van der Waals surface area contributed by atoms with E-state index in [0.29, 0.717) is 10.6 Å². The van der Waals surface area contributed by atoms with Crippen LogP contribution in [0.4, 0.5) is 13.2 Å². The van der Waals surface area contributed by atoms with Crippen LogP contribution >= 0.6 is 23.2 Å². The fourth-order valence-electron chi connectivity index (χ4n) is 3.33. The van der Waals surface area contributed by atoms with Crippen molar-refractivity contribution >= 4 is 34.9 Å². The molecule has 2 atom stereocenters. The largest absolute Gasteiger partial charge is 0.416 e. The molecule has 0 spiro atoms. The van der Waals surface area contributed by atoms with E-state index in [1.807, 2.05) is 0 Å². The molecular formula is C20H17Cl2F3N8O3. The van der Waals surface area contributed by atoms with E-state index in [1.54, 1.807) is 0 Å². The number of aliphatic hydroxyl groups is 2. The molecule has 0 bridgehead atoms. The molecule has 3 aromatic rings. The Morgan fingerprint density at radius 3 is 2.50 bits per heavy atom. The second kappa shape index (κ2) is 9.89. The molecule has 11 nitrogen and oxygen atoms in total. The number of β-amino-alcohol motifs (C(OH)–C–C–N with tert-alkyl or cyclic N) is 1. The van der Waals surface area contributed by atoms with Crippen LogP contribution in [0.3, 0.4) is 0 Å². The molecule has 1 aliphatic rings. The van der Waals surface area contributed by atoms with Gasteiger partial charge in [-0.3, -0.25) is 9.78 Å². The maximum Gasteiger partial charge on any atom is 0.416 e. The predicted molar refractivity (Wildman–Crippen MR) is 121 cm³/mol. The summed E-state index contributed by atoms with van der Waals surface area (Å²) in [6, 6.07) is 7.43. The molecule has 190 valence electrons. The van der Waals surface area contributed by atoms with Gasteiger partial charge in [0.05, 0.1) is 17.8 Å². The zero-order valence-corrected chi connectivity index (χ0v) is 19.5. The van der Waals surface area contributed by atoms with Crippen molar-refractivity contribution in [3.63, 3.8) is 0 Å². The van der Waals surface area contributed by atoms with Crippen LogP contribution in [-0.4, -0.2) is 76.8 Å². The number of pyridine rings is 1. The first kappa shape index (κ1) is 25.6. The number of alkyl halides is 3. The number of hydrazone groups is 1. The maximum atomic E-state index is 13.1. The summed E-state index contributed by atoms with van der Waals surface area (Å²) in [7, 11) is 0. The normalized spacial score (nSPS) is 16.9. The van der Waals surface area contributed by atoms with Crippen LogP contribution in [-0.2, 0) is 6.54 Å². The molecule has 1 aromatic carbocycles. The summed E-state index contributed by atoms with van der Waals surface area (Å²) in [4.78, 5) is 20.8. The number of primary amides is 1. The Kier molecular flexibility index (Phi) is 7.04. The monoisotopic (exact) mass is 544 g/mol. The molecule has 1 unspecified atom stereocenters. The minimum atomic E-state index is -4.93. The van der Waals surface area contributed by atoms with Gasteiger partial charge in [-0.2, -0.15) is 18.3 Å². The molecule has 3 heterocycles. The number of nitrogens with two attached hydrogens (primary N) is 1. The SMILES string of the molecule is NC(=O)c1nc(CN2N=C(c3ccc(Cl)cc3)N(C[C@H](O)C(F)(F)F)C2O)nn1-c1cnccc1Cl. The molecular weight excluding hydrogens is 528 g/mol. The van der Waals surface area contributed by atoms with Crippen LogP contribution in [0.15, 0.2) is 47.8 Å². The van der Waals surface area contributed by atoms with Gasteiger partial charge in [-0.05, 0) is 30.3 Å². The molecule has 0 fully saturated rings. The van der Waals surface area contributed by atoms with Gasteiger partial charge in [0.1, 0.15) is 12.2 Å². The number of aliphatic hydroxyl groups excluding tert-OH is 2. The lowest BCUT2D eigenvalue weighted by Gasteiger charge is -2.29. The molecule has 0 saturated carbocycles. The predicted octanol–water partition coefficient (Wildman–Crippen LogP) is 1.75. The van der Waals surface area contributed by atoms with Crippen molar-refractivity contribution in [3.05, 3.63) is 70.0 Å². The third-order valence-electron chi connectivity index (χ3n) is 5.04. The highest BCUT2D eigenvalue weighted by atomic mass is 35.5. The number of aromatic nitrogens is 4. The number of halogens is 5. The Bertz CT molecular complexity index is 1300. The highest BCUT2D eigenvalue weighted by Crippen LogP contribution is 2.27. The molecule has 0 radical (unpaired) electrons. The Balaban J connectivity index is 1.68. The minimum Gasteiger partial charge on any atom is -0.382 e. The molecule has 4 rings (SSSR count). The standard InChI is InChI=1S/C20H17Cl2F3N8O3/c21-11-3-1-10(2-4-11)17-30-32(19(36)31(17)8-14(34)20(23,24)25)9-15-28-18(16(26)35)33(29-15)13-7-27-6-5-12(13)22/h1-7,14,19,34,36H,8-9H2,(H2,26,35)/t14-,19?/m0/s1. The second-order valence-electron chi connectivity index (χ2n) is 7.54. The van der Waals surface area contributed by atoms with Crippen LogP contribution in [0.25, 0.3) is 5.69 Å². The van der Waals surface area contributed by atoms with Gasteiger partial charge in [0, 0.05) is 16.8 Å². The molecule has 0 aliphatic carbocycles. The lowest BCUT2D eigenvalue weighted by atomic mass is 10.2. The average Bonchev–Trinajstić information content (AvgIpc) is 3.36. The summed E-state index contributed by atoms with van der Waals surface area (Å²) in [5, 5.41) is 30.4. The van der Waals surface area contributed by atoms with Gasteiger partial charge in [0.2, 0.25) is 12.2 Å². The third-order valence-corrected chi connectivity index (χ3v) is 5.61. The molecule has 2 aromatic heterocycles. The summed E-state index contributed by atoms with van der Waals surface area (Å²) in [6.45, 7) is -1.36. The first-order valence-corrected chi connectivity index (χ1v) is 10.9. The van der Waals surface area contributed by atoms with Gasteiger partial charge >= 0.3 is 6.18 Å². The van der Waals surface area contributed by atoms with Crippen molar-refractivity contribution < 1.29 is 28.2 Å². The summed E-state index contributed by atoms with van der Waals surface area (Å²) in [6.07, 6.45) is -6.69. The van der Waals surface area contributed by atoms with Gasteiger partial charge in [-0.15, -0.1) is 5.10 Å². The topological polar surface area (TPSA) is 146 Å². The van der Waals surface area contributed by atoms with Crippen molar-refractivity contribution in [2.45, 2.75) is 25.2 Å². The van der Waals surface area contributed by atoms with Crippen LogP contribution in [0.5, 0.6) is 0 Å². The fraction of sp³-hybridized carbons (Fsp3) is 0.250. The number of amidine groups is 1. The number of amides is 1. The van der Waals surface area contributed by atoms with Crippen LogP contribution in [0, 0.1) is 0 Å². The van der Waals surface area contributed by atoms with E-state index in [4.69, 9.17) is 28.9 Å². The van der Waals surface area contributed by atoms with Crippen molar-refractivity contribution in [1.82, 2.24) is 29.7 Å². The molecule has 16 heteroatoms. The van der Waals surface area contributed by atoms with Crippen LogP contribution in [0.1, 0.15) is 22.0 Å². The lowest BCUT2D eigenvalue weighted by molar-refractivity contribution is -0.212.